The number of benzene rings is 2. The zero-order chi connectivity index (χ0) is 25.5. The van der Waals surface area contributed by atoms with E-state index in [1.807, 2.05) is 42.6 Å². The zero-order valence-electron chi connectivity index (χ0n) is 20.5. The largest absolute Gasteiger partial charge is 0.497 e. The number of hydrogen-bond donors (Lipinski definition) is 1. The van der Waals surface area contributed by atoms with E-state index in [4.69, 9.17) is 4.74 Å². The first-order valence-electron chi connectivity index (χ1n) is 12.5. The van der Waals surface area contributed by atoms with E-state index >= 15 is 0 Å². The van der Waals surface area contributed by atoms with Crippen LogP contribution in [0.2, 0.25) is 0 Å². The standard InChI is InChI=1S/C29H27F2N3O2S/c1-36-22-7-4-6-18(12-22)16-32-29(35)34-17-24-23-8-2-3-10-26(23)37-28(24)33-11-5-9-25(33)27(34)19-13-20(30)15-21(31)14-19/h4-7,9,11-15,27H,2-3,8,10,16-17H2,1H3,(H,32,35)/t27-/m0/s1. The first-order chi connectivity index (χ1) is 18.0. The number of rotatable bonds is 4. The maximum Gasteiger partial charge on any atom is 0.318 e. The minimum Gasteiger partial charge on any atom is -0.497 e. The summed E-state index contributed by atoms with van der Waals surface area (Å²) in [5.41, 5.74) is 4.56. The summed E-state index contributed by atoms with van der Waals surface area (Å²) in [7, 11) is 1.60. The second-order valence-electron chi connectivity index (χ2n) is 9.54. The SMILES string of the molecule is COc1cccc(CNC(=O)N2Cc3c(sc4c3CCCC4)-n3cccc3[C@@H]2c2cc(F)cc(F)c2)c1. The van der Waals surface area contributed by atoms with Gasteiger partial charge >= 0.3 is 6.03 Å². The van der Waals surface area contributed by atoms with Gasteiger partial charge in [0.1, 0.15) is 28.4 Å². The van der Waals surface area contributed by atoms with Crippen molar-refractivity contribution < 1.29 is 18.3 Å². The normalized spacial score (nSPS) is 16.4. The quantitative estimate of drug-likeness (QED) is 0.334. The fraction of sp³-hybridized carbons (Fsp3) is 0.276. The molecule has 1 atom stereocenters. The summed E-state index contributed by atoms with van der Waals surface area (Å²) in [6, 6.07) is 13.9. The van der Waals surface area contributed by atoms with Crippen LogP contribution < -0.4 is 10.1 Å². The maximum atomic E-state index is 14.4. The van der Waals surface area contributed by atoms with Gasteiger partial charge in [-0.15, -0.1) is 11.3 Å². The van der Waals surface area contributed by atoms with E-state index in [0.717, 1.165) is 47.2 Å². The molecular weight excluding hydrogens is 492 g/mol. The Kier molecular flexibility index (Phi) is 6.20. The number of halogens is 2. The molecule has 2 aliphatic rings. The second-order valence-corrected chi connectivity index (χ2v) is 10.6. The van der Waals surface area contributed by atoms with Gasteiger partial charge in [0.05, 0.1) is 19.3 Å². The molecular formula is C29H27F2N3O2S. The van der Waals surface area contributed by atoms with Crippen molar-refractivity contribution in [2.24, 2.45) is 0 Å². The summed E-state index contributed by atoms with van der Waals surface area (Å²) in [4.78, 5) is 16.9. The maximum absolute atomic E-state index is 14.4. The van der Waals surface area contributed by atoms with Crippen LogP contribution in [0.5, 0.6) is 5.75 Å². The van der Waals surface area contributed by atoms with Crippen molar-refractivity contribution in [1.29, 1.82) is 0 Å². The molecule has 8 heteroatoms. The Morgan fingerprint density at radius 3 is 2.68 bits per heavy atom. The Morgan fingerprint density at radius 2 is 1.86 bits per heavy atom. The molecule has 1 N–H and O–H groups in total. The van der Waals surface area contributed by atoms with E-state index in [1.54, 1.807) is 23.3 Å². The molecule has 5 nitrogen and oxygen atoms in total. The van der Waals surface area contributed by atoms with Crippen molar-refractivity contribution in [2.75, 3.05) is 7.11 Å². The molecule has 0 saturated heterocycles. The van der Waals surface area contributed by atoms with Gasteiger partial charge < -0.3 is 19.5 Å². The average molecular weight is 520 g/mol. The summed E-state index contributed by atoms with van der Waals surface area (Å²) in [5, 5.41) is 4.14. The average Bonchev–Trinajstić information content (AvgIpc) is 3.48. The van der Waals surface area contributed by atoms with Gasteiger partial charge in [-0.3, -0.25) is 0 Å². The molecule has 6 rings (SSSR count). The van der Waals surface area contributed by atoms with Gasteiger partial charge in [-0.1, -0.05) is 12.1 Å². The molecule has 2 aromatic carbocycles. The van der Waals surface area contributed by atoms with Crippen LogP contribution in [-0.2, 0) is 25.9 Å². The topological polar surface area (TPSA) is 46.5 Å². The Hall–Kier alpha value is -3.65. The number of ether oxygens (including phenoxy) is 1. The van der Waals surface area contributed by atoms with Crippen molar-refractivity contribution in [3.8, 4) is 10.8 Å². The van der Waals surface area contributed by atoms with Gasteiger partial charge in [-0.05, 0) is 78.8 Å². The number of amides is 2. The predicted octanol–water partition coefficient (Wildman–Crippen LogP) is 6.52. The summed E-state index contributed by atoms with van der Waals surface area (Å²) in [6.07, 6.45) is 6.30. The minimum absolute atomic E-state index is 0.297. The third-order valence-corrected chi connectivity index (χ3v) is 8.55. The number of aryl methyl sites for hydroxylation is 1. The highest BCUT2D eigenvalue weighted by atomic mass is 32.1. The van der Waals surface area contributed by atoms with Crippen molar-refractivity contribution in [1.82, 2.24) is 14.8 Å². The molecule has 0 saturated carbocycles. The second kappa shape index (κ2) is 9.67. The molecule has 0 bridgehead atoms. The van der Waals surface area contributed by atoms with Crippen molar-refractivity contribution in [3.05, 3.63) is 105 Å². The van der Waals surface area contributed by atoms with Crippen molar-refractivity contribution in [2.45, 2.75) is 44.8 Å². The number of urea groups is 1. The summed E-state index contributed by atoms with van der Waals surface area (Å²) in [6.45, 7) is 0.655. The molecule has 3 heterocycles. The lowest BCUT2D eigenvalue weighted by Crippen LogP contribution is -2.42. The first kappa shape index (κ1) is 23.7. The molecule has 1 aliphatic carbocycles. The highest BCUT2D eigenvalue weighted by Crippen LogP contribution is 2.44. The van der Waals surface area contributed by atoms with E-state index in [2.05, 4.69) is 9.88 Å². The minimum atomic E-state index is -0.666. The molecule has 0 radical (unpaired) electrons. The Labute approximate surface area is 218 Å². The molecule has 0 fully saturated rings. The highest BCUT2D eigenvalue weighted by Gasteiger charge is 2.36. The van der Waals surface area contributed by atoms with Crippen molar-refractivity contribution in [3.63, 3.8) is 0 Å². The molecule has 37 heavy (non-hydrogen) atoms. The van der Waals surface area contributed by atoms with Gasteiger partial charge in [0.15, 0.2) is 0 Å². The highest BCUT2D eigenvalue weighted by molar-refractivity contribution is 7.15. The van der Waals surface area contributed by atoms with Gasteiger partial charge in [0.2, 0.25) is 0 Å². The molecule has 2 amide bonds. The van der Waals surface area contributed by atoms with E-state index in [9.17, 15) is 13.6 Å². The van der Waals surface area contributed by atoms with Gasteiger partial charge in [0.25, 0.3) is 0 Å². The fourth-order valence-corrected chi connectivity index (χ4v) is 6.94. The number of hydrogen-bond acceptors (Lipinski definition) is 3. The molecule has 190 valence electrons. The van der Waals surface area contributed by atoms with Gasteiger partial charge in [0, 0.05) is 29.2 Å². The van der Waals surface area contributed by atoms with Crippen molar-refractivity contribution >= 4 is 17.4 Å². The Bertz CT molecular complexity index is 1460. The Balaban J connectivity index is 1.43. The van der Waals surface area contributed by atoms with Crippen LogP contribution in [-0.4, -0.2) is 22.6 Å². The van der Waals surface area contributed by atoms with E-state index in [1.165, 1.54) is 29.0 Å². The lowest BCUT2D eigenvalue weighted by Gasteiger charge is -2.31. The zero-order valence-corrected chi connectivity index (χ0v) is 21.3. The third-order valence-electron chi connectivity index (χ3n) is 7.22. The van der Waals surface area contributed by atoms with Crippen LogP contribution in [0.15, 0.2) is 60.8 Å². The van der Waals surface area contributed by atoms with Crippen LogP contribution in [0.25, 0.3) is 5.00 Å². The summed E-state index contributed by atoms with van der Waals surface area (Å²) >= 11 is 1.77. The summed E-state index contributed by atoms with van der Waals surface area (Å²) < 4.78 is 36.2. The lowest BCUT2D eigenvalue weighted by atomic mass is 9.95. The van der Waals surface area contributed by atoms with Crippen LogP contribution in [0.4, 0.5) is 13.6 Å². The number of fused-ring (bicyclic) bond motifs is 5. The van der Waals surface area contributed by atoms with Crippen LogP contribution in [0.3, 0.4) is 0 Å². The molecule has 2 aromatic heterocycles. The number of aromatic nitrogens is 1. The van der Waals surface area contributed by atoms with Gasteiger partial charge in [-0.2, -0.15) is 0 Å². The van der Waals surface area contributed by atoms with Gasteiger partial charge in [-0.25, -0.2) is 13.6 Å². The number of nitrogens with zero attached hydrogens (tertiary/aromatic N) is 2. The van der Waals surface area contributed by atoms with E-state index in [0.29, 0.717) is 24.4 Å². The number of nitrogens with one attached hydrogen (secondary N) is 1. The monoisotopic (exact) mass is 519 g/mol. The number of thiophene rings is 1. The van der Waals surface area contributed by atoms with Crippen LogP contribution in [0.1, 0.15) is 51.7 Å². The van der Waals surface area contributed by atoms with E-state index in [-0.39, 0.29) is 6.03 Å². The lowest BCUT2D eigenvalue weighted by molar-refractivity contribution is 0.179. The third kappa shape index (κ3) is 4.39. The number of methoxy groups -OCH3 is 1. The molecule has 1 aliphatic heterocycles. The fourth-order valence-electron chi connectivity index (χ4n) is 5.53. The van der Waals surface area contributed by atoms with Crippen LogP contribution >= 0.6 is 11.3 Å². The summed E-state index contributed by atoms with van der Waals surface area (Å²) in [5.74, 6) is -0.621. The molecule has 4 aromatic rings. The predicted molar refractivity (Wildman–Crippen MR) is 139 cm³/mol. The Morgan fingerprint density at radius 1 is 1.05 bits per heavy atom. The molecule has 0 spiro atoms. The number of carbonyl (C=O) groups excluding carboxylic acids is 1. The van der Waals surface area contributed by atoms with E-state index < -0.39 is 17.7 Å². The molecule has 0 unspecified atom stereocenters. The van der Waals surface area contributed by atoms with Crippen LogP contribution in [0, 0.1) is 11.6 Å². The first-order valence-corrected chi connectivity index (χ1v) is 13.3. The number of carbonyl (C=O) groups is 1. The smallest absolute Gasteiger partial charge is 0.318 e.